The smallest absolute Gasteiger partial charge is 0.0885 e. The minimum Gasteiger partial charge on any atom is -0.388 e. The van der Waals surface area contributed by atoms with E-state index >= 15 is 0 Å². The molecule has 3 heteroatoms. The fraction of sp³-hybridized carbons (Fsp3) is 0.600. The van der Waals surface area contributed by atoms with Crippen molar-refractivity contribution < 1.29 is 5.11 Å². The number of hydrogen-bond acceptors (Lipinski definition) is 2. The van der Waals surface area contributed by atoms with Crippen molar-refractivity contribution >= 4 is 27.3 Å². The molecule has 1 saturated carbocycles. The molecule has 0 radical (unpaired) electrons. The first-order valence-electron chi connectivity index (χ1n) is 4.60. The van der Waals surface area contributed by atoms with E-state index in [4.69, 9.17) is 0 Å². The molecule has 0 amide bonds. The number of aliphatic hydroxyl groups excluding tert-OH is 1. The summed E-state index contributed by atoms with van der Waals surface area (Å²) in [7, 11) is 0. The Morgan fingerprint density at radius 1 is 1.69 bits per heavy atom. The van der Waals surface area contributed by atoms with Crippen molar-refractivity contribution in [2.75, 3.05) is 0 Å². The Bertz CT molecular complexity index is 284. The van der Waals surface area contributed by atoms with Gasteiger partial charge in [-0.3, -0.25) is 0 Å². The van der Waals surface area contributed by atoms with E-state index in [-0.39, 0.29) is 6.10 Å². The van der Waals surface area contributed by atoms with Gasteiger partial charge in [-0.2, -0.15) is 0 Å². The van der Waals surface area contributed by atoms with E-state index in [0.717, 1.165) is 21.7 Å². The van der Waals surface area contributed by atoms with Gasteiger partial charge in [0.15, 0.2) is 0 Å². The summed E-state index contributed by atoms with van der Waals surface area (Å²) in [6, 6.07) is 2.05. The molecule has 0 aromatic carbocycles. The van der Waals surface area contributed by atoms with Crippen LogP contribution in [0.5, 0.6) is 0 Å². The van der Waals surface area contributed by atoms with Crippen LogP contribution in [0.3, 0.4) is 0 Å². The Hall–Kier alpha value is 0.140. The van der Waals surface area contributed by atoms with E-state index < -0.39 is 0 Å². The number of aryl methyl sites for hydroxylation is 1. The van der Waals surface area contributed by atoms with E-state index in [1.54, 1.807) is 11.3 Å². The molecule has 0 aliphatic heterocycles. The number of thiophene rings is 1. The minimum absolute atomic E-state index is 0.234. The zero-order valence-electron chi connectivity index (χ0n) is 7.59. The molecule has 1 atom stereocenters. The summed E-state index contributed by atoms with van der Waals surface area (Å²) in [4.78, 5) is 2.36. The van der Waals surface area contributed by atoms with Crippen LogP contribution in [-0.4, -0.2) is 5.11 Å². The summed E-state index contributed by atoms with van der Waals surface area (Å²) in [6.45, 7) is 2.07. The lowest BCUT2D eigenvalue weighted by Gasteiger charge is -2.05. The molecule has 1 aliphatic rings. The summed E-state index contributed by atoms with van der Waals surface area (Å²) < 4.78 is 1.13. The highest BCUT2D eigenvalue weighted by atomic mass is 79.9. The second-order valence-corrected chi connectivity index (χ2v) is 5.89. The molecule has 1 aromatic heterocycles. The Balaban J connectivity index is 2.05. The molecule has 1 aromatic rings. The van der Waals surface area contributed by atoms with E-state index in [0.29, 0.717) is 0 Å². The van der Waals surface area contributed by atoms with Crippen molar-refractivity contribution in [3.63, 3.8) is 0 Å². The number of halogens is 1. The molecule has 1 fully saturated rings. The van der Waals surface area contributed by atoms with E-state index in [1.807, 2.05) is 6.07 Å². The van der Waals surface area contributed by atoms with Gasteiger partial charge in [-0.05, 0) is 41.3 Å². The molecule has 0 saturated heterocycles. The average Bonchev–Trinajstić information content (AvgIpc) is 2.81. The third-order valence-corrected chi connectivity index (χ3v) is 4.70. The molecule has 0 spiro atoms. The molecule has 1 aliphatic carbocycles. The predicted octanol–water partition coefficient (Wildman–Crippen LogP) is 3.65. The van der Waals surface area contributed by atoms with Crippen LogP contribution in [0.1, 0.15) is 35.1 Å². The Morgan fingerprint density at radius 3 is 2.85 bits per heavy atom. The van der Waals surface area contributed by atoms with Crippen LogP contribution in [0, 0.1) is 12.8 Å². The van der Waals surface area contributed by atoms with Gasteiger partial charge in [0.2, 0.25) is 0 Å². The fourth-order valence-corrected chi connectivity index (χ4v) is 2.99. The predicted molar refractivity (Wildman–Crippen MR) is 59.1 cm³/mol. The molecule has 1 unspecified atom stereocenters. The highest BCUT2D eigenvalue weighted by Gasteiger charge is 2.26. The lowest BCUT2D eigenvalue weighted by molar-refractivity contribution is 0.164. The van der Waals surface area contributed by atoms with Gasteiger partial charge >= 0.3 is 0 Å². The molecule has 1 heterocycles. The van der Waals surface area contributed by atoms with Crippen molar-refractivity contribution in [1.82, 2.24) is 0 Å². The van der Waals surface area contributed by atoms with Crippen LogP contribution in [0.2, 0.25) is 0 Å². The van der Waals surface area contributed by atoms with Crippen LogP contribution >= 0.6 is 27.3 Å². The number of rotatable bonds is 3. The number of hydrogen-bond donors (Lipinski definition) is 1. The highest BCUT2D eigenvalue weighted by molar-refractivity contribution is 9.10. The van der Waals surface area contributed by atoms with Gasteiger partial charge in [0.1, 0.15) is 0 Å². The molecule has 0 bridgehead atoms. The lowest BCUT2D eigenvalue weighted by Crippen LogP contribution is -1.94. The normalized spacial score (nSPS) is 19.0. The van der Waals surface area contributed by atoms with Crippen molar-refractivity contribution in [2.24, 2.45) is 5.92 Å². The summed E-state index contributed by atoms with van der Waals surface area (Å²) in [6.07, 6.45) is 3.33. The first-order valence-corrected chi connectivity index (χ1v) is 6.21. The Morgan fingerprint density at radius 2 is 2.38 bits per heavy atom. The van der Waals surface area contributed by atoms with Gasteiger partial charge in [0.25, 0.3) is 0 Å². The van der Waals surface area contributed by atoms with Crippen molar-refractivity contribution in [3.8, 4) is 0 Å². The zero-order chi connectivity index (χ0) is 9.42. The third-order valence-electron chi connectivity index (χ3n) is 2.46. The maximum Gasteiger partial charge on any atom is 0.0885 e. The van der Waals surface area contributed by atoms with Crippen molar-refractivity contribution in [3.05, 3.63) is 20.3 Å². The maximum atomic E-state index is 9.86. The van der Waals surface area contributed by atoms with Gasteiger partial charge < -0.3 is 5.11 Å². The maximum absolute atomic E-state index is 9.86. The summed E-state index contributed by atoms with van der Waals surface area (Å²) in [5.41, 5.74) is 0. The second-order valence-electron chi connectivity index (χ2n) is 3.75. The summed E-state index contributed by atoms with van der Waals surface area (Å²) in [5.74, 6) is 0.788. The molecule has 2 rings (SSSR count). The van der Waals surface area contributed by atoms with Crippen molar-refractivity contribution in [1.29, 1.82) is 0 Å². The van der Waals surface area contributed by atoms with Crippen LogP contribution in [0.25, 0.3) is 0 Å². The molecule has 1 nitrogen and oxygen atoms in total. The monoisotopic (exact) mass is 260 g/mol. The van der Waals surface area contributed by atoms with E-state index in [1.165, 1.54) is 17.7 Å². The number of aliphatic hydroxyl groups is 1. The lowest BCUT2D eigenvalue weighted by atomic mass is 10.1. The van der Waals surface area contributed by atoms with E-state index in [2.05, 4.69) is 22.9 Å². The van der Waals surface area contributed by atoms with Gasteiger partial charge in [0, 0.05) is 14.2 Å². The molecule has 1 N–H and O–H groups in total. The van der Waals surface area contributed by atoms with Gasteiger partial charge in [-0.25, -0.2) is 0 Å². The molecule has 13 heavy (non-hydrogen) atoms. The van der Waals surface area contributed by atoms with Crippen LogP contribution < -0.4 is 0 Å². The Labute approximate surface area is 90.9 Å². The molecule has 72 valence electrons. The Kier molecular flexibility index (Phi) is 2.77. The van der Waals surface area contributed by atoms with Gasteiger partial charge in [-0.1, -0.05) is 12.8 Å². The summed E-state index contributed by atoms with van der Waals surface area (Å²) in [5, 5.41) is 9.86. The first kappa shape index (κ1) is 9.69. The van der Waals surface area contributed by atoms with Crippen LogP contribution in [-0.2, 0) is 0 Å². The highest BCUT2D eigenvalue weighted by Crippen LogP contribution is 2.40. The largest absolute Gasteiger partial charge is 0.388 e. The third kappa shape index (κ3) is 2.33. The SMILES string of the molecule is Cc1sc(C(O)CC2CC2)cc1Br. The van der Waals surface area contributed by atoms with Gasteiger partial charge in [-0.15, -0.1) is 11.3 Å². The van der Waals surface area contributed by atoms with Crippen molar-refractivity contribution in [2.45, 2.75) is 32.3 Å². The fourth-order valence-electron chi connectivity index (χ4n) is 1.43. The van der Waals surface area contributed by atoms with Crippen LogP contribution in [0.4, 0.5) is 0 Å². The summed E-state index contributed by atoms with van der Waals surface area (Å²) >= 11 is 5.16. The molecular formula is C10H13BrOS. The standard InChI is InChI=1S/C10H13BrOS/c1-6-8(11)5-10(13-6)9(12)4-7-2-3-7/h5,7,9,12H,2-4H2,1H3. The quantitative estimate of drug-likeness (QED) is 0.880. The first-order chi connectivity index (χ1) is 6.16. The van der Waals surface area contributed by atoms with Crippen LogP contribution in [0.15, 0.2) is 10.5 Å². The minimum atomic E-state index is -0.234. The second kappa shape index (κ2) is 3.71. The molecular weight excluding hydrogens is 248 g/mol. The topological polar surface area (TPSA) is 20.2 Å². The van der Waals surface area contributed by atoms with E-state index in [9.17, 15) is 5.11 Å². The average molecular weight is 261 g/mol. The zero-order valence-corrected chi connectivity index (χ0v) is 9.99. The van der Waals surface area contributed by atoms with Gasteiger partial charge in [0.05, 0.1) is 6.10 Å².